The van der Waals surface area contributed by atoms with Crippen molar-refractivity contribution >= 4 is 5.97 Å². The Bertz CT molecular complexity index is 171. The monoisotopic (exact) mass is 198 g/mol. The maximum atomic E-state index is 11.3. The largest absolute Gasteiger partial charge is 0.462 e. The van der Waals surface area contributed by atoms with E-state index in [1.807, 2.05) is 6.92 Å². The van der Waals surface area contributed by atoms with Crippen LogP contribution in [-0.4, -0.2) is 12.1 Å². The Balaban J connectivity index is 2.18. The van der Waals surface area contributed by atoms with Crippen LogP contribution in [-0.2, 0) is 9.53 Å². The van der Waals surface area contributed by atoms with Crippen molar-refractivity contribution in [2.45, 2.75) is 64.9 Å². The number of hydrogen-bond donors (Lipinski definition) is 0. The molecule has 0 heterocycles. The van der Waals surface area contributed by atoms with E-state index in [1.165, 1.54) is 25.7 Å². The van der Waals surface area contributed by atoms with Crippen LogP contribution in [0, 0.1) is 5.92 Å². The molecule has 0 N–H and O–H groups in total. The van der Waals surface area contributed by atoms with E-state index in [0.717, 1.165) is 12.8 Å². The maximum Gasteiger partial charge on any atom is 0.306 e. The lowest BCUT2D eigenvalue weighted by Crippen LogP contribution is -2.21. The first-order valence-corrected chi connectivity index (χ1v) is 5.93. The maximum absolute atomic E-state index is 11.3. The van der Waals surface area contributed by atoms with Crippen LogP contribution in [0.3, 0.4) is 0 Å². The third kappa shape index (κ3) is 3.69. The predicted molar refractivity (Wildman–Crippen MR) is 57.0 cm³/mol. The molecule has 82 valence electrons. The Morgan fingerprint density at radius 3 is 2.64 bits per heavy atom. The molecule has 0 amide bonds. The van der Waals surface area contributed by atoms with Gasteiger partial charge in [-0.1, -0.05) is 26.2 Å². The van der Waals surface area contributed by atoms with E-state index in [2.05, 4.69) is 6.92 Å². The van der Waals surface area contributed by atoms with Crippen molar-refractivity contribution < 1.29 is 9.53 Å². The molecule has 0 saturated heterocycles. The van der Waals surface area contributed by atoms with E-state index < -0.39 is 0 Å². The first kappa shape index (κ1) is 11.5. The summed E-state index contributed by atoms with van der Waals surface area (Å²) in [5.41, 5.74) is 0. The smallest absolute Gasteiger partial charge is 0.306 e. The van der Waals surface area contributed by atoms with Gasteiger partial charge in [0.1, 0.15) is 6.10 Å². The average Bonchev–Trinajstić information content (AvgIpc) is 2.67. The first-order valence-electron chi connectivity index (χ1n) is 5.93. The number of esters is 1. The van der Waals surface area contributed by atoms with Gasteiger partial charge in [0.05, 0.1) is 0 Å². The van der Waals surface area contributed by atoms with Crippen LogP contribution in [0.5, 0.6) is 0 Å². The van der Waals surface area contributed by atoms with Crippen molar-refractivity contribution in [1.29, 1.82) is 0 Å². The Labute approximate surface area is 87.0 Å². The fourth-order valence-corrected chi connectivity index (χ4v) is 2.11. The highest BCUT2D eigenvalue weighted by Crippen LogP contribution is 2.29. The van der Waals surface area contributed by atoms with Crippen molar-refractivity contribution in [3.05, 3.63) is 0 Å². The molecule has 1 rings (SSSR count). The van der Waals surface area contributed by atoms with E-state index in [9.17, 15) is 4.79 Å². The van der Waals surface area contributed by atoms with Gasteiger partial charge in [-0.25, -0.2) is 0 Å². The minimum absolute atomic E-state index is 0.00810. The quantitative estimate of drug-likeness (QED) is 0.633. The third-order valence-electron chi connectivity index (χ3n) is 3.12. The van der Waals surface area contributed by atoms with Gasteiger partial charge in [-0.05, 0) is 32.1 Å². The molecule has 0 aromatic carbocycles. The molecule has 0 spiro atoms. The summed E-state index contributed by atoms with van der Waals surface area (Å²) in [5, 5.41) is 0. The van der Waals surface area contributed by atoms with Crippen LogP contribution in [0.4, 0.5) is 0 Å². The minimum Gasteiger partial charge on any atom is -0.462 e. The second kappa shape index (κ2) is 6.05. The highest BCUT2D eigenvalue weighted by atomic mass is 16.5. The molecule has 0 radical (unpaired) electrons. The lowest BCUT2D eigenvalue weighted by Gasteiger charge is -2.19. The lowest BCUT2D eigenvalue weighted by molar-refractivity contribution is -0.150. The second-order valence-electron chi connectivity index (χ2n) is 4.34. The van der Waals surface area contributed by atoms with Crippen molar-refractivity contribution in [1.82, 2.24) is 0 Å². The van der Waals surface area contributed by atoms with Crippen molar-refractivity contribution in [3.8, 4) is 0 Å². The normalized spacial score (nSPS) is 19.6. The Kier molecular flexibility index (Phi) is 4.99. The number of carbonyl (C=O) groups is 1. The van der Waals surface area contributed by atoms with Crippen molar-refractivity contribution in [2.24, 2.45) is 5.92 Å². The molecule has 1 aliphatic rings. The van der Waals surface area contributed by atoms with Gasteiger partial charge in [0.15, 0.2) is 0 Å². The van der Waals surface area contributed by atoms with E-state index in [1.54, 1.807) is 0 Å². The van der Waals surface area contributed by atoms with E-state index in [4.69, 9.17) is 4.74 Å². The van der Waals surface area contributed by atoms with Crippen LogP contribution in [0.15, 0.2) is 0 Å². The molecule has 1 unspecified atom stereocenters. The molecule has 1 aliphatic carbocycles. The third-order valence-corrected chi connectivity index (χ3v) is 3.12. The molecular weight excluding hydrogens is 176 g/mol. The summed E-state index contributed by atoms with van der Waals surface area (Å²) in [6.45, 7) is 4.13. The number of rotatable bonds is 5. The second-order valence-corrected chi connectivity index (χ2v) is 4.34. The highest BCUT2D eigenvalue weighted by molar-refractivity contribution is 5.69. The van der Waals surface area contributed by atoms with E-state index in [-0.39, 0.29) is 12.1 Å². The highest BCUT2D eigenvalue weighted by Gasteiger charge is 2.23. The molecule has 1 fully saturated rings. The van der Waals surface area contributed by atoms with Gasteiger partial charge in [0.2, 0.25) is 0 Å². The van der Waals surface area contributed by atoms with Crippen LogP contribution in [0.1, 0.15) is 58.8 Å². The summed E-state index contributed by atoms with van der Waals surface area (Å²) in [5.74, 6) is 0.617. The van der Waals surface area contributed by atoms with Gasteiger partial charge in [-0.2, -0.15) is 0 Å². The van der Waals surface area contributed by atoms with Gasteiger partial charge in [-0.3, -0.25) is 4.79 Å². The number of ether oxygens (including phenoxy) is 1. The Hall–Kier alpha value is -0.530. The minimum atomic E-state index is -0.00810. The molecular formula is C12H22O2. The summed E-state index contributed by atoms with van der Waals surface area (Å²) in [4.78, 5) is 11.3. The van der Waals surface area contributed by atoms with Crippen molar-refractivity contribution in [2.75, 3.05) is 0 Å². The number of unbranched alkanes of at least 4 members (excludes halogenated alkanes) is 1. The van der Waals surface area contributed by atoms with E-state index >= 15 is 0 Å². The van der Waals surface area contributed by atoms with Gasteiger partial charge in [0.25, 0.3) is 0 Å². The van der Waals surface area contributed by atoms with Gasteiger partial charge >= 0.3 is 5.97 Å². The Morgan fingerprint density at radius 2 is 2.07 bits per heavy atom. The molecule has 1 atom stereocenters. The summed E-state index contributed by atoms with van der Waals surface area (Å²) in [7, 11) is 0. The molecule has 0 aromatic heterocycles. The van der Waals surface area contributed by atoms with Gasteiger partial charge in [-0.15, -0.1) is 0 Å². The average molecular weight is 198 g/mol. The van der Waals surface area contributed by atoms with Crippen LogP contribution in [0.25, 0.3) is 0 Å². The van der Waals surface area contributed by atoms with Crippen LogP contribution >= 0.6 is 0 Å². The van der Waals surface area contributed by atoms with Crippen LogP contribution < -0.4 is 0 Å². The van der Waals surface area contributed by atoms with Gasteiger partial charge < -0.3 is 4.74 Å². The first-order chi connectivity index (χ1) is 6.74. The van der Waals surface area contributed by atoms with Crippen LogP contribution in [0.2, 0.25) is 0 Å². The zero-order valence-electron chi connectivity index (χ0n) is 9.42. The van der Waals surface area contributed by atoms with E-state index in [0.29, 0.717) is 12.3 Å². The summed E-state index contributed by atoms with van der Waals surface area (Å²) >= 11 is 0. The number of carbonyl (C=O) groups excluding carboxylic acids is 1. The lowest BCUT2D eigenvalue weighted by atomic mass is 10.0. The van der Waals surface area contributed by atoms with Crippen molar-refractivity contribution in [3.63, 3.8) is 0 Å². The summed E-state index contributed by atoms with van der Waals surface area (Å²) in [6, 6.07) is 0. The Morgan fingerprint density at radius 1 is 1.43 bits per heavy atom. The fraction of sp³-hybridized carbons (Fsp3) is 0.917. The standard InChI is InChI=1S/C12H22O2/c1-3-4-9-12(13)14-10(2)11-7-5-6-8-11/h10-11H,3-9H2,1-2H3. The number of hydrogen-bond acceptors (Lipinski definition) is 2. The molecule has 14 heavy (non-hydrogen) atoms. The summed E-state index contributed by atoms with van der Waals surface area (Å²) < 4.78 is 5.40. The molecule has 2 nitrogen and oxygen atoms in total. The fourth-order valence-electron chi connectivity index (χ4n) is 2.11. The topological polar surface area (TPSA) is 26.3 Å². The predicted octanol–water partition coefficient (Wildman–Crippen LogP) is 3.30. The zero-order chi connectivity index (χ0) is 10.4. The molecule has 0 aliphatic heterocycles. The zero-order valence-corrected chi connectivity index (χ0v) is 9.42. The molecule has 1 saturated carbocycles. The van der Waals surface area contributed by atoms with Gasteiger partial charge in [0, 0.05) is 6.42 Å². The summed E-state index contributed by atoms with van der Waals surface area (Å²) in [6.07, 6.45) is 7.84. The SMILES string of the molecule is CCCCC(=O)OC(C)C1CCCC1. The molecule has 0 bridgehead atoms. The molecule has 0 aromatic rings. The molecule has 2 heteroatoms.